The molecule has 0 bridgehead atoms. The number of ether oxygens (including phenoxy) is 1. The molecule has 0 heterocycles. The smallest absolute Gasteiger partial charge is 0.310 e. The Hall–Kier alpha value is -1.76. The summed E-state index contributed by atoms with van der Waals surface area (Å²) in [5, 5.41) is 0. The van der Waals surface area contributed by atoms with Crippen molar-refractivity contribution < 1.29 is 24.2 Å². The molecule has 2 rings (SSSR count). The Morgan fingerprint density at radius 2 is 1.14 bits per heavy atom. The van der Waals surface area contributed by atoms with Gasteiger partial charge in [0.1, 0.15) is 10.6 Å². The van der Waals surface area contributed by atoms with Gasteiger partial charge in [-0.05, 0) is 54.7 Å². The van der Waals surface area contributed by atoms with Crippen LogP contribution in [0.4, 0.5) is 19.4 Å². The molecule has 0 N–H and O–H groups in total. The molecule has 29 heavy (non-hydrogen) atoms. The largest absolute Gasteiger partial charge is 0.494 e. The zero-order valence-electron chi connectivity index (χ0n) is 16.7. The van der Waals surface area contributed by atoms with E-state index >= 15 is 0 Å². The molecule has 0 aliphatic carbocycles. The lowest BCUT2D eigenvalue weighted by Crippen LogP contribution is -2.06. The van der Waals surface area contributed by atoms with Gasteiger partial charge in [-0.2, -0.15) is 0 Å². The highest BCUT2D eigenvalue weighted by Crippen LogP contribution is 3.02. The van der Waals surface area contributed by atoms with Crippen molar-refractivity contribution >= 4 is 10.2 Å². The van der Waals surface area contributed by atoms with Crippen LogP contribution in [0.25, 0.3) is 0 Å². The first-order valence-corrected chi connectivity index (χ1v) is 12.0. The average molecular weight is 437 g/mol. The van der Waals surface area contributed by atoms with Gasteiger partial charge in [0.05, 0.1) is 6.61 Å². The second-order valence-corrected chi connectivity index (χ2v) is 9.78. The van der Waals surface area contributed by atoms with Crippen molar-refractivity contribution in [3.63, 3.8) is 0 Å². The number of hydrogen-bond acceptors (Lipinski definition) is 1. The van der Waals surface area contributed by atoms with Crippen molar-refractivity contribution in [2.75, 3.05) is 6.61 Å². The molecule has 0 aliphatic heterocycles. The minimum atomic E-state index is -9.59. The monoisotopic (exact) mass is 436 g/mol. The molecule has 7 heteroatoms. The van der Waals surface area contributed by atoms with Crippen molar-refractivity contribution in [2.45, 2.75) is 63.2 Å². The molecular weight excluding hydrogens is 407 g/mol. The van der Waals surface area contributed by atoms with Crippen LogP contribution in [0.5, 0.6) is 5.75 Å². The van der Waals surface area contributed by atoms with Gasteiger partial charge in [0.25, 0.3) is 0 Å². The van der Waals surface area contributed by atoms with Gasteiger partial charge in [0.15, 0.2) is 0 Å². The molecule has 0 saturated heterocycles. The summed E-state index contributed by atoms with van der Waals surface area (Å²) in [6, 6.07) is 10.8. The normalized spacial score (nSPS) is 14.3. The molecule has 164 valence electrons. The molecular formula is C22H29F5OS. The minimum absolute atomic E-state index is 0.468. The zero-order chi connectivity index (χ0) is 21.4. The number of hydrogen-bond donors (Lipinski definition) is 0. The van der Waals surface area contributed by atoms with Crippen molar-refractivity contribution in [3.8, 4) is 5.75 Å². The highest BCUT2D eigenvalue weighted by atomic mass is 32.5. The quantitative estimate of drug-likeness (QED) is 0.238. The lowest BCUT2D eigenvalue weighted by molar-refractivity contribution is 0.304. The van der Waals surface area contributed by atoms with Gasteiger partial charge in [-0.15, -0.1) is 0 Å². The maximum Gasteiger partial charge on any atom is 0.310 e. The van der Waals surface area contributed by atoms with Crippen molar-refractivity contribution in [2.24, 2.45) is 0 Å². The molecule has 0 aromatic heterocycles. The Morgan fingerprint density at radius 1 is 0.655 bits per heavy atom. The molecule has 1 nitrogen and oxygen atoms in total. The zero-order valence-corrected chi connectivity index (χ0v) is 17.5. The number of unbranched alkanes of at least 4 members (excludes halogenated alkanes) is 5. The predicted octanol–water partition coefficient (Wildman–Crippen LogP) is 8.87. The van der Waals surface area contributed by atoms with Gasteiger partial charge in [-0.25, -0.2) is 0 Å². The lowest BCUT2D eigenvalue weighted by Gasteiger charge is -2.40. The first-order valence-electron chi connectivity index (χ1n) is 10.0. The summed E-state index contributed by atoms with van der Waals surface area (Å²) in [4.78, 5) is -1.85. The Kier molecular flexibility index (Phi) is 7.25. The molecule has 0 unspecified atom stereocenters. The summed E-state index contributed by atoms with van der Waals surface area (Å²) in [5.74, 6) is 0.794. The lowest BCUT2D eigenvalue weighted by atomic mass is 10.0. The standard InChI is InChI=1S/C22H29F5OS/c1-2-3-4-5-6-7-18-28-21-14-10-19(11-15-21)8-9-20-12-16-22(17-13-20)29(23,24,25,26)27/h10-17H,2-9,18H2,1H3. The predicted molar refractivity (Wildman–Crippen MR) is 111 cm³/mol. The van der Waals surface area contributed by atoms with Crippen molar-refractivity contribution in [3.05, 3.63) is 59.7 Å². The van der Waals surface area contributed by atoms with E-state index in [1.807, 2.05) is 24.3 Å². The maximum atomic E-state index is 12.7. The van der Waals surface area contributed by atoms with Crippen LogP contribution in [-0.2, 0) is 12.8 Å². The van der Waals surface area contributed by atoms with Gasteiger partial charge in [0.2, 0.25) is 0 Å². The second kappa shape index (κ2) is 8.94. The number of rotatable bonds is 12. The summed E-state index contributed by atoms with van der Waals surface area (Å²) in [5.41, 5.74) is 1.59. The van der Waals surface area contributed by atoms with Crippen LogP contribution in [0, 0.1) is 0 Å². The first-order chi connectivity index (χ1) is 13.5. The molecule has 2 aromatic carbocycles. The Balaban J connectivity index is 1.76. The van der Waals surface area contributed by atoms with Gasteiger partial charge < -0.3 is 4.74 Å². The molecule has 0 atom stereocenters. The van der Waals surface area contributed by atoms with E-state index in [1.165, 1.54) is 32.1 Å². The van der Waals surface area contributed by atoms with Gasteiger partial charge in [-0.3, -0.25) is 0 Å². The summed E-state index contributed by atoms with van der Waals surface area (Å²) in [7, 11) is -9.59. The fourth-order valence-electron chi connectivity index (χ4n) is 3.03. The van der Waals surface area contributed by atoms with Crippen LogP contribution < -0.4 is 4.74 Å². The topological polar surface area (TPSA) is 9.23 Å². The molecule has 0 amide bonds. The molecule has 0 aliphatic rings. The fraction of sp³-hybridized carbons (Fsp3) is 0.455. The van der Waals surface area contributed by atoms with Crippen LogP contribution in [-0.4, -0.2) is 6.61 Å². The van der Waals surface area contributed by atoms with Crippen LogP contribution in [0.2, 0.25) is 0 Å². The van der Waals surface area contributed by atoms with E-state index in [4.69, 9.17) is 4.74 Å². The third kappa shape index (κ3) is 8.64. The van der Waals surface area contributed by atoms with Crippen molar-refractivity contribution in [1.82, 2.24) is 0 Å². The first kappa shape index (κ1) is 23.5. The summed E-state index contributed by atoms with van der Waals surface area (Å²) < 4.78 is 69.4. The molecule has 0 radical (unpaired) electrons. The minimum Gasteiger partial charge on any atom is -0.494 e. The van der Waals surface area contributed by atoms with Crippen LogP contribution in [0.1, 0.15) is 56.6 Å². The van der Waals surface area contributed by atoms with E-state index in [1.54, 1.807) is 0 Å². The van der Waals surface area contributed by atoms with Gasteiger partial charge >= 0.3 is 10.2 Å². The second-order valence-electron chi connectivity index (χ2n) is 7.37. The van der Waals surface area contributed by atoms with E-state index in [0.29, 0.717) is 37.1 Å². The van der Waals surface area contributed by atoms with E-state index in [-0.39, 0.29) is 0 Å². The van der Waals surface area contributed by atoms with E-state index < -0.39 is 15.1 Å². The summed E-state index contributed by atoms with van der Waals surface area (Å²) >= 11 is 0. The summed E-state index contributed by atoms with van der Waals surface area (Å²) in [6.45, 7) is 2.88. The average Bonchev–Trinajstić information content (AvgIpc) is 2.65. The van der Waals surface area contributed by atoms with E-state index in [9.17, 15) is 19.4 Å². The summed E-state index contributed by atoms with van der Waals surface area (Å²) in [6.07, 6.45) is 8.29. The molecule has 0 fully saturated rings. The van der Waals surface area contributed by atoms with Gasteiger partial charge in [-0.1, -0.05) is 82.7 Å². The third-order valence-corrected chi connectivity index (χ3v) is 5.92. The number of benzene rings is 2. The Labute approximate surface area is 170 Å². The van der Waals surface area contributed by atoms with Gasteiger partial charge in [0, 0.05) is 0 Å². The SMILES string of the molecule is CCCCCCCCOc1ccc(CCc2ccc(S(F)(F)(F)(F)F)cc2)cc1. The molecule has 0 spiro atoms. The van der Waals surface area contributed by atoms with E-state index in [0.717, 1.165) is 29.9 Å². The van der Waals surface area contributed by atoms with Crippen LogP contribution in [0.15, 0.2) is 53.4 Å². The van der Waals surface area contributed by atoms with E-state index in [2.05, 4.69) is 6.92 Å². The number of aryl methyl sites for hydroxylation is 2. The van der Waals surface area contributed by atoms with Crippen LogP contribution >= 0.6 is 10.2 Å². The maximum absolute atomic E-state index is 12.7. The Bertz CT molecular complexity index is 755. The molecule has 2 aromatic rings. The fourth-order valence-corrected chi connectivity index (χ4v) is 3.68. The van der Waals surface area contributed by atoms with Crippen molar-refractivity contribution in [1.29, 1.82) is 0 Å². The highest BCUT2D eigenvalue weighted by molar-refractivity contribution is 8.45. The highest BCUT2D eigenvalue weighted by Gasteiger charge is 2.65. The number of halogens is 5. The third-order valence-electron chi connectivity index (χ3n) is 4.76. The van der Waals surface area contributed by atoms with Crippen LogP contribution in [0.3, 0.4) is 0 Å². The Morgan fingerprint density at radius 3 is 1.66 bits per heavy atom. The molecule has 0 saturated carbocycles.